The monoisotopic (exact) mass is 569 g/mol. The molecule has 4 rings (SSSR count). The van der Waals surface area contributed by atoms with Gasteiger partial charge in [0.15, 0.2) is 0 Å². The van der Waals surface area contributed by atoms with E-state index in [0.29, 0.717) is 30.9 Å². The van der Waals surface area contributed by atoms with Gasteiger partial charge in [-0.2, -0.15) is 0 Å². The van der Waals surface area contributed by atoms with Crippen molar-refractivity contribution in [2.45, 2.75) is 44.5 Å². The second-order valence-corrected chi connectivity index (χ2v) is 13.1. The SMILES string of the molecule is C=C/C=C(\C=C/C)P1CCN(CCOc2ccc(Cc3cc(C4CC(O)CC(CO)O4)ccc3Cl)cc2)CC1. The van der Waals surface area contributed by atoms with E-state index in [1.807, 2.05) is 30.3 Å². The van der Waals surface area contributed by atoms with Crippen LogP contribution in [0.25, 0.3) is 0 Å². The molecular formula is C32H41ClNO4P. The lowest BCUT2D eigenvalue weighted by Gasteiger charge is -2.32. The van der Waals surface area contributed by atoms with Crippen LogP contribution in [0.1, 0.15) is 42.6 Å². The molecule has 2 aliphatic heterocycles. The van der Waals surface area contributed by atoms with Gasteiger partial charge in [0, 0.05) is 37.5 Å². The second-order valence-electron chi connectivity index (χ2n) is 10.2. The first-order valence-electron chi connectivity index (χ1n) is 13.9. The fourth-order valence-electron chi connectivity index (χ4n) is 5.26. The van der Waals surface area contributed by atoms with Crippen molar-refractivity contribution in [3.63, 3.8) is 0 Å². The molecule has 0 amide bonds. The van der Waals surface area contributed by atoms with E-state index >= 15 is 0 Å². The zero-order chi connectivity index (χ0) is 27.6. The van der Waals surface area contributed by atoms with Gasteiger partial charge < -0.3 is 19.7 Å². The number of aliphatic hydroxyl groups excluding tert-OH is 2. The highest BCUT2D eigenvalue weighted by molar-refractivity contribution is 7.62. The van der Waals surface area contributed by atoms with Crippen LogP contribution >= 0.6 is 19.5 Å². The smallest absolute Gasteiger partial charge is 0.119 e. The number of nitrogens with zero attached hydrogens (tertiary/aromatic N) is 1. The molecule has 3 unspecified atom stereocenters. The predicted molar refractivity (Wildman–Crippen MR) is 162 cm³/mol. The Morgan fingerprint density at radius 3 is 2.64 bits per heavy atom. The zero-order valence-electron chi connectivity index (χ0n) is 22.8. The molecule has 39 heavy (non-hydrogen) atoms. The Morgan fingerprint density at radius 1 is 1.18 bits per heavy atom. The molecule has 210 valence electrons. The summed E-state index contributed by atoms with van der Waals surface area (Å²) in [5, 5.41) is 21.8. The van der Waals surface area contributed by atoms with Gasteiger partial charge in [-0.05, 0) is 65.9 Å². The van der Waals surface area contributed by atoms with Crippen molar-refractivity contribution in [3.8, 4) is 5.75 Å². The molecular weight excluding hydrogens is 529 g/mol. The van der Waals surface area contributed by atoms with Gasteiger partial charge in [0.1, 0.15) is 12.4 Å². The molecule has 0 radical (unpaired) electrons. The normalized spacial score (nSPS) is 23.3. The van der Waals surface area contributed by atoms with Gasteiger partial charge in [-0.1, -0.05) is 74.7 Å². The van der Waals surface area contributed by atoms with E-state index in [9.17, 15) is 10.2 Å². The maximum atomic E-state index is 10.2. The van der Waals surface area contributed by atoms with Gasteiger partial charge in [-0.25, -0.2) is 0 Å². The van der Waals surface area contributed by atoms with Crippen molar-refractivity contribution in [2.75, 3.05) is 45.2 Å². The summed E-state index contributed by atoms with van der Waals surface area (Å²) in [6.45, 7) is 9.70. The first kappa shape index (κ1) is 30.0. The molecule has 0 spiro atoms. The molecule has 5 nitrogen and oxygen atoms in total. The first-order valence-corrected chi connectivity index (χ1v) is 15.9. The van der Waals surface area contributed by atoms with E-state index in [4.69, 9.17) is 21.1 Å². The van der Waals surface area contributed by atoms with Crippen molar-refractivity contribution in [1.82, 2.24) is 4.90 Å². The quantitative estimate of drug-likeness (QED) is 0.245. The third-order valence-corrected chi connectivity index (χ3v) is 10.3. The Labute approximate surface area is 239 Å². The topological polar surface area (TPSA) is 62.2 Å². The minimum absolute atomic E-state index is 0.0879. The number of hydrogen-bond donors (Lipinski definition) is 2. The maximum Gasteiger partial charge on any atom is 0.119 e. The summed E-state index contributed by atoms with van der Waals surface area (Å²) in [5.74, 6) is 0.877. The summed E-state index contributed by atoms with van der Waals surface area (Å²) in [6, 6.07) is 14.1. The Morgan fingerprint density at radius 2 is 1.95 bits per heavy atom. The minimum Gasteiger partial charge on any atom is -0.492 e. The fourth-order valence-corrected chi connectivity index (χ4v) is 7.91. The lowest BCUT2D eigenvalue weighted by molar-refractivity contribution is -0.113. The number of hydrogen-bond acceptors (Lipinski definition) is 5. The Balaban J connectivity index is 1.26. The molecule has 0 bridgehead atoms. The third kappa shape index (κ3) is 8.75. The summed E-state index contributed by atoms with van der Waals surface area (Å²) >= 11 is 6.53. The second kappa shape index (κ2) is 15.1. The number of rotatable bonds is 11. The van der Waals surface area contributed by atoms with Gasteiger partial charge in [0.05, 0.1) is 24.9 Å². The molecule has 2 aliphatic rings. The van der Waals surface area contributed by atoms with E-state index < -0.39 is 6.10 Å². The van der Waals surface area contributed by atoms with Crippen LogP contribution in [-0.4, -0.2) is 72.5 Å². The maximum absolute atomic E-state index is 10.2. The molecule has 2 fully saturated rings. The Kier molecular flexibility index (Phi) is 11.6. The Hall–Kier alpha value is -1.98. The largest absolute Gasteiger partial charge is 0.492 e. The summed E-state index contributed by atoms with van der Waals surface area (Å²) < 4.78 is 12.0. The number of halogens is 1. The summed E-state index contributed by atoms with van der Waals surface area (Å²) in [6.07, 6.45) is 11.5. The number of aliphatic hydroxyl groups is 2. The molecule has 0 saturated carbocycles. The number of ether oxygens (including phenoxy) is 2. The molecule has 2 aromatic rings. The highest BCUT2D eigenvalue weighted by atomic mass is 35.5. The van der Waals surface area contributed by atoms with Crippen LogP contribution in [0.15, 0.2) is 78.7 Å². The molecule has 2 heterocycles. The van der Waals surface area contributed by atoms with Crippen molar-refractivity contribution in [1.29, 1.82) is 0 Å². The minimum atomic E-state index is -0.476. The van der Waals surface area contributed by atoms with Crippen LogP contribution in [0.3, 0.4) is 0 Å². The molecule has 3 atom stereocenters. The number of benzene rings is 2. The van der Waals surface area contributed by atoms with Gasteiger partial charge in [0.25, 0.3) is 0 Å². The first-order chi connectivity index (χ1) is 19.0. The summed E-state index contributed by atoms with van der Waals surface area (Å²) in [5.41, 5.74) is 3.14. The molecule has 2 saturated heterocycles. The van der Waals surface area contributed by atoms with Crippen LogP contribution in [0.5, 0.6) is 5.75 Å². The molecule has 0 aliphatic carbocycles. The summed E-state index contributed by atoms with van der Waals surface area (Å²) in [4.78, 5) is 2.50. The average Bonchev–Trinajstić information content (AvgIpc) is 2.95. The van der Waals surface area contributed by atoms with Crippen molar-refractivity contribution in [3.05, 3.63) is 100 Å². The van der Waals surface area contributed by atoms with Crippen LogP contribution in [-0.2, 0) is 11.2 Å². The standard InChI is InChI=1S/C32H41ClNO4P/c1-3-5-30(6-4-2)39-17-14-34(15-18-39)13-16-37-28-10-7-24(8-11-28)19-26-20-25(9-12-31(26)33)32-22-27(36)21-29(23-35)38-32/h3-12,20,27,29,32,35-36H,1,13-19,21-23H2,2H3/b6-4-,30-5+. The van der Waals surface area contributed by atoms with Crippen molar-refractivity contribution < 1.29 is 19.7 Å². The van der Waals surface area contributed by atoms with E-state index in [2.05, 4.69) is 54.8 Å². The molecule has 2 N–H and O–H groups in total. The van der Waals surface area contributed by atoms with Crippen LogP contribution in [0.2, 0.25) is 5.02 Å². The van der Waals surface area contributed by atoms with Crippen LogP contribution in [0, 0.1) is 0 Å². The Bertz CT molecular complexity index is 1130. The summed E-state index contributed by atoms with van der Waals surface area (Å²) in [7, 11) is -0.0879. The van der Waals surface area contributed by atoms with Crippen molar-refractivity contribution >= 4 is 19.5 Å². The lowest BCUT2D eigenvalue weighted by Crippen LogP contribution is -2.36. The van der Waals surface area contributed by atoms with E-state index in [1.165, 1.54) is 17.6 Å². The predicted octanol–water partition coefficient (Wildman–Crippen LogP) is 6.33. The van der Waals surface area contributed by atoms with Crippen LogP contribution < -0.4 is 4.74 Å². The number of allylic oxidation sites excluding steroid dienone is 5. The third-order valence-electron chi connectivity index (χ3n) is 7.38. The molecule has 2 aromatic carbocycles. The molecule has 7 heteroatoms. The zero-order valence-corrected chi connectivity index (χ0v) is 24.5. The fraction of sp³-hybridized carbons (Fsp3) is 0.438. The highest BCUT2D eigenvalue weighted by Gasteiger charge is 2.29. The van der Waals surface area contributed by atoms with Crippen LogP contribution in [0.4, 0.5) is 0 Å². The van der Waals surface area contributed by atoms with E-state index in [1.54, 1.807) is 0 Å². The van der Waals surface area contributed by atoms with Gasteiger partial charge >= 0.3 is 0 Å². The lowest BCUT2D eigenvalue weighted by atomic mass is 9.94. The van der Waals surface area contributed by atoms with Gasteiger partial charge in [-0.15, -0.1) is 0 Å². The van der Waals surface area contributed by atoms with Gasteiger partial charge in [-0.3, -0.25) is 4.90 Å². The van der Waals surface area contributed by atoms with Crippen molar-refractivity contribution in [2.24, 2.45) is 0 Å². The highest BCUT2D eigenvalue weighted by Crippen LogP contribution is 2.47. The van der Waals surface area contributed by atoms with E-state index in [-0.39, 0.29) is 26.7 Å². The van der Waals surface area contributed by atoms with E-state index in [0.717, 1.165) is 42.1 Å². The molecule has 0 aromatic heterocycles. The average molecular weight is 570 g/mol. The van der Waals surface area contributed by atoms with Gasteiger partial charge in [0.2, 0.25) is 0 Å².